The van der Waals surface area contributed by atoms with E-state index in [4.69, 9.17) is 9.47 Å². The van der Waals surface area contributed by atoms with Crippen LogP contribution in [0.2, 0.25) is 0 Å². The van der Waals surface area contributed by atoms with Gasteiger partial charge in [0.15, 0.2) is 0 Å². The monoisotopic (exact) mass is 479 g/mol. The van der Waals surface area contributed by atoms with Crippen LogP contribution in [-0.2, 0) is 10.0 Å². The molecule has 0 atom stereocenters. The van der Waals surface area contributed by atoms with Gasteiger partial charge < -0.3 is 9.47 Å². The SMILES string of the molecule is CCOc1ccc(S(=O)(=O)Nc2ccc(C(=O)N/N=C/C=C/c3ccccc3OC)cc2)cc1. The fourth-order valence-corrected chi connectivity index (χ4v) is 4.00. The molecule has 0 heterocycles. The van der Waals surface area contributed by atoms with Gasteiger partial charge in [-0.15, -0.1) is 0 Å². The van der Waals surface area contributed by atoms with E-state index >= 15 is 0 Å². The van der Waals surface area contributed by atoms with E-state index in [0.29, 0.717) is 23.6 Å². The fraction of sp³-hybridized carbons (Fsp3) is 0.120. The zero-order chi connectivity index (χ0) is 24.4. The van der Waals surface area contributed by atoms with Crippen molar-refractivity contribution < 1.29 is 22.7 Å². The molecule has 0 aliphatic carbocycles. The number of rotatable bonds is 10. The standard InChI is InChI=1S/C25H25N3O5S/c1-3-33-22-14-16-23(17-15-22)34(30,31)28-21-12-10-20(11-13-21)25(29)27-26-18-6-8-19-7-4-5-9-24(19)32-2/h4-18,28H,3H2,1-2H3,(H,27,29)/b8-6+,26-18+. The van der Waals surface area contributed by atoms with Crippen molar-refractivity contribution in [2.45, 2.75) is 11.8 Å². The minimum atomic E-state index is -3.77. The Morgan fingerprint density at radius 1 is 1.00 bits per heavy atom. The number of methoxy groups -OCH3 is 1. The summed E-state index contributed by atoms with van der Waals surface area (Å²) in [5, 5.41) is 3.89. The number of benzene rings is 3. The van der Waals surface area contributed by atoms with Crippen molar-refractivity contribution in [3.05, 3.63) is 90.0 Å². The highest BCUT2D eigenvalue weighted by molar-refractivity contribution is 7.92. The van der Waals surface area contributed by atoms with Crippen molar-refractivity contribution >= 4 is 33.9 Å². The van der Waals surface area contributed by atoms with E-state index < -0.39 is 15.9 Å². The number of sulfonamides is 1. The average Bonchev–Trinajstić information content (AvgIpc) is 2.85. The Morgan fingerprint density at radius 2 is 1.71 bits per heavy atom. The summed E-state index contributed by atoms with van der Waals surface area (Å²) in [6.45, 7) is 2.35. The number of hydrogen-bond donors (Lipinski definition) is 2. The second-order valence-electron chi connectivity index (χ2n) is 6.91. The zero-order valence-electron chi connectivity index (χ0n) is 18.8. The number of ether oxygens (including phenoxy) is 2. The predicted octanol–water partition coefficient (Wildman–Crippen LogP) is 4.32. The Morgan fingerprint density at radius 3 is 2.38 bits per heavy atom. The summed E-state index contributed by atoms with van der Waals surface area (Å²) in [6.07, 6.45) is 4.93. The first-order valence-corrected chi connectivity index (χ1v) is 11.9. The van der Waals surface area contributed by atoms with Crippen LogP contribution in [0.15, 0.2) is 88.9 Å². The van der Waals surface area contributed by atoms with Gasteiger partial charge in [0, 0.05) is 23.0 Å². The summed E-state index contributed by atoms with van der Waals surface area (Å²) < 4.78 is 38.2. The highest BCUT2D eigenvalue weighted by Crippen LogP contribution is 2.20. The summed E-state index contributed by atoms with van der Waals surface area (Å²) in [5.74, 6) is 0.895. The normalized spacial score (nSPS) is 11.5. The zero-order valence-corrected chi connectivity index (χ0v) is 19.6. The van der Waals surface area contributed by atoms with Gasteiger partial charge in [-0.25, -0.2) is 13.8 Å². The molecule has 2 N–H and O–H groups in total. The third-order valence-electron chi connectivity index (χ3n) is 4.59. The van der Waals surface area contributed by atoms with Crippen LogP contribution in [0.25, 0.3) is 6.08 Å². The third-order valence-corrected chi connectivity index (χ3v) is 5.98. The molecule has 0 bridgehead atoms. The molecule has 176 valence electrons. The number of amides is 1. The maximum absolute atomic E-state index is 12.6. The molecule has 3 aromatic carbocycles. The van der Waals surface area contributed by atoms with Crippen LogP contribution in [0, 0.1) is 0 Å². The van der Waals surface area contributed by atoms with Gasteiger partial charge in [0.25, 0.3) is 15.9 Å². The molecule has 3 aromatic rings. The molecular weight excluding hydrogens is 454 g/mol. The number of nitrogens with zero attached hydrogens (tertiary/aromatic N) is 1. The number of carbonyl (C=O) groups is 1. The van der Waals surface area contributed by atoms with Gasteiger partial charge >= 0.3 is 0 Å². The molecule has 0 unspecified atom stereocenters. The second kappa shape index (κ2) is 11.7. The highest BCUT2D eigenvalue weighted by Gasteiger charge is 2.14. The Labute approximate surface area is 199 Å². The van der Waals surface area contributed by atoms with Crippen LogP contribution in [0.5, 0.6) is 11.5 Å². The van der Waals surface area contributed by atoms with Gasteiger partial charge in [0.1, 0.15) is 11.5 Å². The number of hydrazone groups is 1. The first-order chi connectivity index (χ1) is 16.4. The smallest absolute Gasteiger partial charge is 0.271 e. The van der Waals surface area contributed by atoms with Crippen molar-refractivity contribution in [1.82, 2.24) is 5.43 Å². The second-order valence-corrected chi connectivity index (χ2v) is 8.59. The Balaban J connectivity index is 1.56. The number of allylic oxidation sites excluding steroid dienone is 1. The van der Waals surface area contributed by atoms with Gasteiger partial charge in [-0.2, -0.15) is 5.10 Å². The van der Waals surface area contributed by atoms with E-state index in [1.807, 2.05) is 31.2 Å². The lowest BCUT2D eigenvalue weighted by Crippen LogP contribution is -2.17. The number of nitrogens with one attached hydrogen (secondary N) is 2. The van der Waals surface area contributed by atoms with Crippen LogP contribution >= 0.6 is 0 Å². The maximum Gasteiger partial charge on any atom is 0.271 e. The quantitative estimate of drug-likeness (QED) is 0.333. The molecule has 0 radical (unpaired) electrons. The topological polar surface area (TPSA) is 106 Å². The van der Waals surface area contributed by atoms with Crippen LogP contribution in [-0.4, -0.2) is 34.3 Å². The Kier molecular flexibility index (Phi) is 8.42. The molecule has 0 aliphatic heterocycles. The van der Waals surface area contributed by atoms with Crippen molar-refractivity contribution in [2.75, 3.05) is 18.4 Å². The lowest BCUT2D eigenvalue weighted by atomic mass is 10.2. The molecule has 0 spiro atoms. The van der Waals surface area contributed by atoms with Crippen LogP contribution < -0.4 is 19.6 Å². The summed E-state index contributed by atoms with van der Waals surface area (Å²) in [6, 6.07) is 19.7. The van der Waals surface area contributed by atoms with E-state index in [1.165, 1.54) is 42.6 Å². The number of carbonyl (C=O) groups excluding carboxylic acids is 1. The molecule has 34 heavy (non-hydrogen) atoms. The van der Waals surface area contributed by atoms with E-state index in [-0.39, 0.29) is 4.90 Å². The van der Waals surface area contributed by atoms with E-state index in [9.17, 15) is 13.2 Å². The van der Waals surface area contributed by atoms with Crippen molar-refractivity contribution in [3.63, 3.8) is 0 Å². The lowest BCUT2D eigenvalue weighted by Gasteiger charge is -2.09. The van der Waals surface area contributed by atoms with Crippen LogP contribution in [0.1, 0.15) is 22.8 Å². The first kappa shape index (κ1) is 24.5. The van der Waals surface area contributed by atoms with Gasteiger partial charge in [0.05, 0.1) is 18.6 Å². The van der Waals surface area contributed by atoms with E-state index in [2.05, 4.69) is 15.2 Å². The molecule has 3 rings (SSSR count). The lowest BCUT2D eigenvalue weighted by molar-refractivity contribution is 0.0955. The minimum Gasteiger partial charge on any atom is -0.496 e. The van der Waals surface area contributed by atoms with Crippen molar-refractivity contribution in [1.29, 1.82) is 0 Å². The summed E-state index contributed by atoms with van der Waals surface area (Å²) in [7, 11) is -2.18. The molecule has 1 amide bonds. The molecule has 0 saturated carbocycles. The van der Waals surface area contributed by atoms with E-state index in [1.54, 1.807) is 31.4 Å². The van der Waals surface area contributed by atoms with Crippen molar-refractivity contribution in [3.8, 4) is 11.5 Å². The third kappa shape index (κ3) is 6.69. The fourth-order valence-electron chi connectivity index (χ4n) is 2.94. The number of para-hydroxylation sites is 1. The molecule has 0 aliphatic rings. The Bertz CT molecular complexity index is 1270. The Hall–Kier alpha value is -4.11. The predicted molar refractivity (Wildman–Crippen MR) is 133 cm³/mol. The molecule has 0 aromatic heterocycles. The molecule has 9 heteroatoms. The molecular formula is C25H25N3O5S. The molecule has 0 saturated heterocycles. The summed E-state index contributed by atoms with van der Waals surface area (Å²) in [4.78, 5) is 12.4. The first-order valence-electron chi connectivity index (χ1n) is 10.4. The molecule has 0 fully saturated rings. The van der Waals surface area contributed by atoms with Gasteiger partial charge in [-0.1, -0.05) is 18.2 Å². The average molecular weight is 480 g/mol. The van der Waals surface area contributed by atoms with Crippen LogP contribution in [0.4, 0.5) is 5.69 Å². The van der Waals surface area contributed by atoms with E-state index in [0.717, 1.165) is 11.3 Å². The summed E-state index contributed by atoms with van der Waals surface area (Å²) in [5.41, 5.74) is 3.96. The van der Waals surface area contributed by atoms with Gasteiger partial charge in [-0.3, -0.25) is 9.52 Å². The number of hydrogen-bond acceptors (Lipinski definition) is 6. The maximum atomic E-state index is 12.6. The van der Waals surface area contributed by atoms with Gasteiger partial charge in [0.2, 0.25) is 0 Å². The highest BCUT2D eigenvalue weighted by atomic mass is 32.2. The molecule has 8 nitrogen and oxygen atoms in total. The van der Waals surface area contributed by atoms with Gasteiger partial charge in [-0.05, 0) is 73.7 Å². The summed E-state index contributed by atoms with van der Waals surface area (Å²) >= 11 is 0. The van der Waals surface area contributed by atoms with Crippen LogP contribution in [0.3, 0.4) is 0 Å². The van der Waals surface area contributed by atoms with Crippen molar-refractivity contribution in [2.24, 2.45) is 5.10 Å². The minimum absolute atomic E-state index is 0.105. The number of anilines is 1. The largest absolute Gasteiger partial charge is 0.496 e.